The van der Waals surface area contributed by atoms with Gasteiger partial charge in [0.2, 0.25) is 0 Å². The molecule has 4 nitrogen and oxygen atoms in total. The van der Waals surface area contributed by atoms with Crippen molar-refractivity contribution >= 4 is 11.9 Å². The maximum atomic E-state index is 11.4. The number of esters is 2. The zero-order valence-electron chi connectivity index (χ0n) is 15.9. The van der Waals surface area contributed by atoms with E-state index >= 15 is 0 Å². The van der Waals surface area contributed by atoms with Gasteiger partial charge in [-0.1, -0.05) is 50.1 Å². The molecule has 0 saturated carbocycles. The Morgan fingerprint density at radius 1 is 1.00 bits per heavy atom. The van der Waals surface area contributed by atoms with Gasteiger partial charge in [0.1, 0.15) is 6.61 Å². The molecule has 2 aromatic carbocycles. The van der Waals surface area contributed by atoms with Crippen molar-refractivity contribution in [2.45, 2.75) is 26.4 Å². The van der Waals surface area contributed by atoms with Crippen LogP contribution in [-0.2, 0) is 38.5 Å². The lowest BCUT2D eigenvalue weighted by atomic mass is 10.0. The molecule has 0 fully saturated rings. The molecule has 0 saturated heterocycles. The fraction of sp³-hybridized carbons (Fsp3) is 0.167. The van der Waals surface area contributed by atoms with Gasteiger partial charge in [0, 0.05) is 17.2 Å². The van der Waals surface area contributed by atoms with Crippen LogP contribution in [0.1, 0.15) is 34.7 Å². The molecular formula is C24H22O4. The molecule has 0 aliphatic heterocycles. The van der Waals surface area contributed by atoms with E-state index in [1.165, 1.54) is 0 Å². The zero-order chi connectivity index (χ0) is 20.4. The Morgan fingerprint density at radius 2 is 1.68 bits per heavy atom. The van der Waals surface area contributed by atoms with Crippen LogP contribution < -0.4 is 0 Å². The quantitative estimate of drug-likeness (QED) is 0.317. The molecule has 0 aliphatic rings. The third-order valence-electron chi connectivity index (χ3n) is 3.99. The smallest absolute Gasteiger partial charge is 0.330 e. The van der Waals surface area contributed by atoms with Crippen LogP contribution >= 0.6 is 0 Å². The summed E-state index contributed by atoms with van der Waals surface area (Å²) in [7, 11) is 0. The Morgan fingerprint density at radius 3 is 2.32 bits per heavy atom. The van der Waals surface area contributed by atoms with E-state index in [2.05, 4.69) is 25.0 Å². The molecule has 0 radical (unpaired) electrons. The molecule has 0 N–H and O–H groups in total. The van der Waals surface area contributed by atoms with Crippen molar-refractivity contribution in [3.63, 3.8) is 0 Å². The van der Waals surface area contributed by atoms with Crippen molar-refractivity contribution in [2.24, 2.45) is 0 Å². The van der Waals surface area contributed by atoms with Crippen LogP contribution in [0.15, 0.2) is 68.0 Å². The highest BCUT2D eigenvalue weighted by Crippen LogP contribution is 2.14. The molecule has 4 heteroatoms. The Hall–Kier alpha value is -3.58. The molecule has 2 rings (SSSR count). The number of aryl methyl sites for hydroxylation is 1. The van der Waals surface area contributed by atoms with E-state index < -0.39 is 5.97 Å². The van der Waals surface area contributed by atoms with Gasteiger partial charge in [-0.15, -0.1) is 0 Å². The van der Waals surface area contributed by atoms with Crippen LogP contribution in [0.3, 0.4) is 0 Å². The predicted molar refractivity (Wildman–Crippen MR) is 108 cm³/mol. The first kappa shape index (κ1) is 20.7. The molecular weight excluding hydrogens is 352 g/mol. The summed E-state index contributed by atoms with van der Waals surface area (Å²) in [5.74, 6) is 5.47. The molecule has 142 valence electrons. The highest BCUT2D eigenvalue weighted by molar-refractivity contribution is 5.81. The molecule has 0 amide bonds. The largest absolute Gasteiger partial charge is 0.458 e. The number of rotatable bonds is 7. The fourth-order valence-corrected chi connectivity index (χ4v) is 2.53. The van der Waals surface area contributed by atoms with Crippen molar-refractivity contribution in [1.29, 1.82) is 0 Å². The Labute approximate surface area is 165 Å². The fourth-order valence-electron chi connectivity index (χ4n) is 2.53. The Kier molecular flexibility index (Phi) is 7.80. The predicted octanol–water partition coefficient (Wildman–Crippen LogP) is 4.11. The minimum Gasteiger partial charge on any atom is -0.458 e. The van der Waals surface area contributed by atoms with Gasteiger partial charge in [0.05, 0.1) is 12.7 Å². The van der Waals surface area contributed by atoms with Crippen LogP contribution in [0, 0.1) is 11.8 Å². The lowest BCUT2D eigenvalue weighted by Crippen LogP contribution is -2.03. The van der Waals surface area contributed by atoms with Gasteiger partial charge in [0.15, 0.2) is 0 Å². The molecule has 2 aromatic rings. The minimum atomic E-state index is -0.438. The highest BCUT2D eigenvalue weighted by atomic mass is 16.5. The molecule has 0 atom stereocenters. The van der Waals surface area contributed by atoms with Crippen LogP contribution in [0.4, 0.5) is 0 Å². The molecule has 0 spiro atoms. The number of hydrogen-bond donors (Lipinski definition) is 0. The second kappa shape index (κ2) is 10.5. The summed E-state index contributed by atoms with van der Waals surface area (Å²) in [6, 6.07) is 13.3. The van der Waals surface area contributed by atoms with Crippen molar-refractivity contribution in [3.8, 4) is 11.8 Å². The average molecular weight is 374 g/mol. The maximum absolute atomic E-state index is 11.4. The monoisotopic (exact) mass is 374 g/mol. The van der Waals surface area contributed by atoms with Crippen LogP contribution in [-0.4, -0.2) is 11.9 Å². The van der Waals surface area contributed by atoms with Crippen LogP contribution in [0.5, 0.6) is 0 Å². The van der Waals surface area contributed by atoms with Gasteiger partial charge in [-0.3, -0.25) is 4.79 Å². The molecule has 0 aromatic heterocycles. The second-order valence-corrected chi connectivity index (χ2v) is 5.93. The number of benzene rings is 2. The summed E-state index contributed by atoms with van der Waals surface area (Å²) in [6.07, 6.45) is 3.28. The van der Waals surface area contributed by atoms with Crippen molar-refractivity contribution in [3.05, 3.63) is 95.8 Å². The van der Waals surface area contributed by atoms with E-state index in [-0.39, 0.29) is 19.0 Å². The number of carbonyl (C=O) groups excluding carboxylic acids is 2. The van der Waals surface area contributed by atoms with E-state index in [0.29, 0.717) is 0 Å². The first-order valence-electron chi connectivity index (χ1n) is 8.88. The van der Waals surface area contributed by atoms with Crippen molar-refractivity contribution in [1.82, 2.24) is 0 Å². The van der Waals surface area contributed by atoms with Crippen LogP contribution in [0.2, 0.25) is 0 Å². The lowest BCUT2D eigenvalue weighted by Gasteiger charge is -2.08. The second-order valence-electron chi connectivity index (χ2n) is 5.93. The summed E-state index contributed by atoms with van der Waals surface area (Å²) < 4.78 is 9.83. The molecule has 0 unspecified atom stereocenters. The normalized spacial score (nSPS) is 9.61. The topological polar surface area (TPSA) is 52.6 Å². The van der Waals surface area contributed by atoms with E-state index in [1.807, 2.05) is 49.4 Å². The molecule has 0 heterocycles. The first-order valence-corrected chi connectivity index (χ1v) is 8.88. The van der Waals surface area contributed by atoms with Gasteiger partial charge in [-0.2, -0.15) is 0 Å². The third kappa shape index (κ3) is 6.30. The zero-order valence-corrected chi connectivity index (χ0v) is 15.9. The highest BCUT2D eigenvalue weighted by Gasteiger charge is 2.05. The maximum Gasteiger partial charge on any atom is 0.330 e. The van der Waals surface area contributed by atoms with Crippen LogP contribution in [0.25, 0.3) is 0 Å². The standard InChI is InChI=1S/C24H22O4/c1-4-21-15-19(13-14-22(21)17-28-23(25)5-2)10-7-18-8-11-20(12-9-18)16-24(26)27-6-3/h5-6,8-9,11-15H,2-4,16-17H2,1H3. The van der Waals surface area contributed by atoms with Gasteiger partial charge >= 0.3 is 11.9 Å². The van der Waals surface area contributed by atoms with Crippen molar-refractivity contribution in [2.75, 3.05) is 0 Å². The lowest BCUT2D eigenvalue weighted by molar-refractivity contribution is -0.139. The van der Waals surface area contributed by atoms with E-state index in [1.54, 1.807) is 0 Å². The van der Waals surface area contributed by atoms with E-state index in [0.717, 1.165) is 46.6 Å². The summed E-state index contributed by atoms with van der Waals surface area (Å²) in [6.45, 7) is 9.02. The van der Waals surface area contributed by atoms with Crippen molar-refractivity contribution < 1.29 is 19.1 Å². The summed E-state index contributed by atoms with van der Waals surface area (Å²) in [5.41, 5.74) is 4.63. The van der Waals surface area contributed by atoms with Gasteiger partial charge in [-0.05, 0) is 47.4 Å². The SMILES string of the molecule is C=COC(=O)Cc1ccc(C#Cc2ccc(COC(=O)C=C)c(CC)c2)cc1. The van der Waals surface area contributed by atoms with Gasteiger partial charge in [0.25, 0.3) is 0 Å². The van der Waals surface area contributed by atoms with E-state index in [4.69, 9.17) is 9.47 Å². The Bertz CT molecular complexity index is 927. The Balaban J connectivity index is 2.08. The molecule has 0 bridgehead atoms. The summed E-state index contributed by atoms with van der Waals surface area (Å²) in [5, 5.41) is 0. The first-order chi connectivity index (χ1) is 13.5. The van der Waals surface area contributed by atoms with Gasteiger partial charge < -0.3 is 9.47 Å². The number of hydrogen-bond acceptors (Lipinski definition) is 4. The average Bonchev–Trinajstić information content (AvgIpc) is 2.71. The summed E-state index contributed by atoms with van der Waals surface area (Å²) in [4.78, 5) is 22.7. The molecule has 28 heavy (non-hydrogen) atoms. The molecule has 0 aliphatic carbocycles. The minimum absolute atomic E-state index is 0.192. The van der Waals surface area contributed by atoms with E-state index in [9.17, 15) is 9.59 Å². The third-order valence-corrected chi connectivity index (χ3v) is 3.99. The summed E-state index contributed by atoms with van der Waals surface area (Å²) >= 11 is 0. The number of carbonyl (C=O) groups is 2. The van der Waals surface area contributed by atoms with Gasteiger partial charge in [-0.25, -0.2) is 4.79 Å². The number of ether oxygens (including phenoxy) is 2.